The number of rotatable bonds is 51. The van der Waals surface area contributed by atoms with Crippen LogP contribution in [0.1, 0.15) is 252 Å². The van der Waals surface area contributed by atoms with Crippen molar-refractivity contribution in [3.63, 3.8) is 0 Å². The molecule has 402 valence electrons. The van der Waals surface area contributed by atoms with Gasteiger partial charge < -0.3 is 14.2 Å². The first-order chi connectivity index (χ1) is 35.0. The van der Waals surface area contributed by atoms with E-state index >= 15 is 0 Å². The normalized spacial score (nSPS) is 13.0. The molecule has 6 nitrogen and oxygen atoms in total. The minimum absolute atomic E-state index is 0.103. The summed E-state index contributed by atoms with van der Waals surface area (Å²) in [5, 5.41) is 0. The molecule has 0 aliphatic carbocycles. The number of carbonyl (C=O) groups is 3. The number of carbonyl (C=O) groups excluding carboxylic acids is 3. The fourth-order valence-electron chi connectivity index (χ4n) is 7.67. The van der Waals surface area contributed by atoms with Crippen molar-refractivity contribution in [2.45, 2.75) is 258 Å². The Bertz CT molecular complexity index is 1500. The zero-order chi connectivity index (χ0) is 51.4. The molecule has 1 atom stereocenters. The molecule has 0 heterocycles. The number of hydrogen-bond acceptors (Lipinski definition) is 6. The van der Waals surface area contributed by atoms with Gasteiger partial charge in [0.05, 0.1) is 0 Å². The SMILES string of the molecule is CC/C=C\C/C=C\C/C=C\C/C=C\C/C=C\CCCCCC(=O)OCC(COC(=O)CCCCCCCCCCCCCCCCC)OC(=O)CCCCC/C=C\C/C=C\C/C=C\C/C=C\C/C=C\CC. The molecule has 0 aliphatic rings. The third-order valence-corrected chi connectivity index (χ3v) is 12.0. The Kier molecular flexibility index (Phi) is 54.9. The quantitative estimate of drug-likeness (QED) is 0.0261. The van der Waals surface area contributed by atoms with Crippen LogP contribution in [-0.4, -0.2) is 37.2 Å². The molecule has 0 N–H and O–H groups in total. The van der Waals surface area contributed by atoms with E-state index < -0.39 is 6.10 Å². The van der Waals surface area contributed by atoms with Gasteiger partial charge in [0.1, 0.15) is 13.2 Å². The fourth-order valence-corrected chi connectivity index (χ4v) is 7.67. The van der Waals surface area contributed by atoms with Crippen molar-refractivity contribution >= 4 is 17.9 Å². The van der Waals surface area contributed by atoms with Gasteiger partial charge in [0, 0.05) is 19.3 Å². The van der Waals surface area contributed by atoms with Gasteiger partial charge in [-0.3, -0.25) is 14.4 Å². The van der Waals surface area contributed by atoms with Crippen LogP contribution >= 0.6 is 0 Å². The standard InChI is InChI=1S/C65H106O6/c1-4-7-10-13-16-19-22-25-28-30-32-34-37-40-43-46-49-52-55-58-64(67)70-61-62(60-69-63(66)57-54-51-48-45-42-39-36-27-24-21-18-15-12-9-6-3)71-65(68)59-56-53-50-47-44-41-38-35-33-31-29-26-23-20-17-14-11-8-5-2/h7-8,10-11,16-17,19-20,25-26,28-29,32-35,40-41,43-44,62H,4-6,9,12-15,18,21-24,27,30-31,36-39,42,45-61H2,1-3H3/b10-7-,11-8-,19-16-,20-17-,28-25-,29-26-,34-32-,35-33-,43-40-,44-41-. The van der Waals surface area contributed by atoms with Gasteiger partial charge in [-0.05, 0) is 109 Å². The molecule has 0 aromatic carbocycles. The van der Waals surface area contributed by atoms with Crippen LogP contribution < -0.4 is 0 Å². The van der Waals surface area contributed by atoms with E-state index in [1.165, 1.54) is 77.0 Å². The van der Waals surface area contributed by atoms with Crippen molar-refractivity contribution < 1.29 is 28.6 Å². The maximum atomic E-state index is 12.9. The van der Waals surface area contributed by atoms with Crippen LogP contribution in [0.4, 0.5) is 0 Å². The van der Waals surface area contributed by atoms with Crippen LogP contribution in [0.5, 0.6) is 0 Å². The highest BCUT2D eigenvalue weighted by molar-refractivity contribution is 5.71. The van der Waals surface area contributed by atoms with E-state index in [0.29, 0.717) is 19.3 Å². The van der Waals surface area contributed by atoms with Crippen LogP contribution in [0.3, 0.4) is 0 Å². The van der Waals surface area contributed by atoms with Crippen molar-refractivity contribution in [3.05, 3.63) is 122 Å². The average molecular weight is 984 g/mol. The number of allylic oxidation sites excluding steroid dienone is 20. The summed E-state index contributed by atoms with van der Waals surface area (Å²) < 4.78 is 16.8. The zero-order valence-electron chi connectivity index (χ0n) is 45.9. The van der Waals surface area contributed by atoms with Crippen molar-refractivity contribution in [1.82, 2.24) is 0 Å². The minimum atomic E-state index is -0.812. The molecule has 0 aromatic rings. The second-order valence-electron chi connectivity index (χ2n) is 18.8. The average Bonchev–Trinajstić information content (AvgIpc) is 3.37. The van der Waals surface area contributed by atoms with Gasteiger partial charge in [-0.25, -0.2) is 0 Å². The third-order valence-electron chi connectivity index (χ3n) is 12.0. The van der Waals surface area contributed by atoms with E-state index in [9.17, 15) is 14.4 Å². The molecule has 1 unspecified atom stereocenters. The summed E-state index contributed by atoms with van der Waals surface area (Å²) in [6, 6.07) is 0. The smallest absolute Gasteiger partial charge is 0.306 e. The predicted octanol–water partition coefficient (Wildman–Crippen LogP) is 19.6. The largest absolute Gasteiger partial charge is 0.462 e. The van der Waals surface area contributed by atoms with Gasteiger partial charge in [-0.2, -0.15) is 0 Å². The lowest BCUT2D eigenvalue weighted by Crippen LogP contribution is -2.30. The summed E-state index contributed by atoms with van der Waals surface area (Å²) in [7, 11) is 0. The lowest BCUT2D eigenvalue weighted by atomic mass is 10.0. The van der Waals surface area contributed by atoms with E-state index in [4.69, 9.17) is 14.2 Å². The summed E-state index contributed by atoms with van der Waals surface area (Å²) in [4.78, 5) is 38.2. The molecule has 0 spiro atoms. The number of hydrogen-bond donors (Lipinski definition) is 0. The molecule has 0 aromatic heterocycles. The van der Waals surface area contributed by atoms with E-state index in [1.54, 1.807) is 0 Å². The van der Waals surface area contributed by atoms with E-state index in [2.05, 4.69) is 142 Å². The molecule has 71 heavy (non-hydrogen) atoms. The molecule has 0 amide bonds. The Morgan fingerprint density at radius 1 is 0.296 bits per heavy atom. The summed E-state index contributed by atoms with van der Waals surface area (Å²) in [5.41, 5.74) is 0. The van der Waals surface area contributed by atoms with E-state index in [1.807, 2.05) is 0 Å². The van der Waals surface area contributed by atoms with Crippen molar-refractivity contribution in [3.8, 4) is 0 Å². The van der Waals surface area contributed by atoms with Gasteiger partial charge in [-0.15, -0.1) is 0 Å². The molecular weight excluding hydrogens is 877 g/mol. The highest BCUT2D eigenvalue weighted by Gasteiger charge is 2.19. The maximum Gasteiger partial charge on any atom is 0.306 e. The number of esters is 3. The lowest BCUT2D eigenvalue weighted by Gasteiger charge is -2.18. The van der Waals surface area contributed by atoms with Gasteiger partial charge in [-0.1, -0.05) is 245 Å². The van der Waals surface area contributed by atoms with Crippen LogP contribution in [0.25, 0.3) is 0 Å². The number of ether oxygens (including phenoxy) is 3. The van der Waals surface area contributed by atoms with Crippen LogP contribution in [0, 0.1) is 0 Å². The van der Waals surface area contributed by atoms with Crippen LogP contribution in [0.15, 0.2) is 122 Å². The van der Waals surface area contributed by atoms with Gasteiger partial charge in [0.15, 0.2) is 6.10 Å². The zero-order valence-corrected chi connectivity index (χ0v) is 45.9. The van der Waals surface area contributed by atoms with Crippen molar-refractivity contribution in [2.75, 3.05) is 13.2 Å². The second-order valence-corrected chi connectivity index (χ2v) is 18.8. The van der Waals surface area contributed by atoms with Crippen LogP contribution in [-0.2, 0) is 28.6 Å². The fraction of sp³-hybridized carbons (Fsp3) is 0.646. The predicted molar refractivity (Wildman–Crippen MR) is 306 cm³/mol. The highest BCUT2D eigenvalue weighted by Crippen LogP contribution is 2.15. The molecule has 6 heteroatoms. The molecule has 0 rings (SSSR count). The Morgan fingerprint density at radius 2 is 0.549 bits per heavy atom. The Labute approximate surface area is 437 Å². The second kappa shape index (κ2) is 58.4. The molecule has 0 aliphatic heterocycles. The van der Waals surface area contributed by atoms with E-state index in [-0.39, 0.29) is 37.5 Å². The summed E-state index contributed by atoms with van der Waals surface area (Å²) in [5.74, 6) is -0.968. The number of unbranched alkanes of at least 4 members (excludes halogenated alkanes) is 20. The minimum Gasteiger partial charge on any atom is -0.462 e. The summed E-state index contributed by atoms with van der Waals surface area (Å²) in [6.07, 6.45) is 80.4. The highest BCUT2D eigenvalue weighted by atomic mass is 16.6. The molecule has 0 radical (unpaired) electrons. The first kappa shape index (κ1) is 66.8. The molecule has 0 saturated heterocycles. The Hall–Kier alpha value is -4.19. The van der Waals surface area contributed by atoms with Gasteiger partial charge in [0.25, 0.3) is 0 Å². The Balaban J connectivity index is 4.52. The molecule has 0 fully saturated rings. The van der Waals surface area contributed by atoms with Gasteiger partial charge >= 0.3 is 17.9 Å². The summed E-state index contributed by atoms with van der Waals surface area (Å²) in [6.45, 7) is 6.36. The van der Waals surface area contributed by atoms with E-state index in [0.717, 1.165) is 128 Å². The monoisotopic (exact) mass is 983 g/mol. The first-order valence-corrected chi connectivity index (χ1v) is 29.0. The maximum absolute atomic E-state index is 12.9. The first-order valence-electron chi connectivity index (χ1n) is 29.0. The third kappa shape index (κ3) is 56.6. The van der Waals surface area contributed by atoms with Crippen LogP contribution in [0.2, 0.25) is 0 Å². The summed E-state index contributed by atoms with van der Waals surface area (Å²) >= 11 is 0. The van der Waals surface area contributed by atoms with Gasteiger partial charge in [0.2, 0.25) is 0 Å². The van der Waals surface area contributed by atoms with Crippen molar-refractivity contribution in [2.24, 2.45) is 0 Å². The topological polar surface area (TPSA) is 78.9 Å². The molecule has 0 bridgehead atoms. The lowest BCUT2D eigenvalue weighted by molar-refractivity contribution is -0.167. The molecule has 0 saturated carbocycles. The van der Waals surface area contributed by atoms with Crippen molar-refractivity contribution in [1.29, 1.82) is 0 Å². The Morgan fingerprint density at radius 3 is 0.859 bits per heavy atom. The molecular formula is C65H106O6.